The number of carbonyl (C=O) groups is 2. The van der Waals surface area contributed by atoms with Crippen LogP contribution in [0.3, 0.4) is 0 Å². The van der Waals surface area contributed by atoms with E-state index in [1.807, 2.05) is 60.7 Å². The van der Waals surface area contributed by atoms with Crippen LogP contribution in [0.5, 0.6) is 5.75 Å². The van der Waals surface area contributed by atoms with Crippen molar-refractivity contribution in [3.63, 3.8) is 0 Å². The number of aryl methyl sites for hydroxylation is 1. The Morgan fingerprint density at radius 1 is 0.978 bits per heavy atom. The zero-order chi connectivity index (χ0) is 32.4. The molecule has 0 saturated carbocycles. The van der Waals surface area contributed by atoms with Crippen molar-refractivity contribution in [1.82, 2.24) is 15.4 Å². The second-order valence-corrected chi connectivity index (χ2v) is 12.8. The molecule has 5 rings (SSSR count). The highest BCUT2D eigenvalue weighted by Gasteiger charge is 2.29. The molecule has 2 amide bonds. The van der Waals surface area contributed by atoms with Crippen LogP contribution in [0, 0.1) is 6.42 Å². The summed E-state index contributed by atoms with van der Waals surface area (Å²) in [5.41, 5.74) is 8.28. The highest BCUT2D eigenvalue weighted by atomic mass is 16.6. The van der Waals surface area contributed by atoms with Gasteiger partial charge in [-0.1, -0.05) is 80.4 Å². The van der Waals surface area contributed by atoms with Gasteiger partial charge < -0.3 is 9.47 Å². The Kier molecular flexibility index (Phi) is 11.7. The monoisotopic (exact) mass is 625 g/mol. The van der Waals surface area contributed by atoms with E-state index in [-0.39, 0.29) is 24.5 Å². The molecular formula is C38H49N4O4. The quantitative estimate of drug-likeness (QED) is 0.155. The summed E-state index contributed by atoms with van der Waals surface area (Å²) < 4.78 is 12.0. The number of benzene rings is 3. The largest absolute Gasteiger partial charge is 0.488 e. The molecule has 2 aliphatic rings. The number of hydrazine groups is 2. The van der Waals surface area contributed by atoms with Crippen LogP contribution in [0.25, 0.3) is 11.1 Å². The van der Waals surface area contributed by atoms with Crippen molar-refractivity contribution in [3.8, 4) is 16.9 Å². The van der Waals surface area contributed by atoms with Crippen LogP contribution in [-0.4, -0.2) is 53.9 Å². The van der Waals surface area contributed by atoms with E-state index in [0.717, 1.165) is 86.2 Å². The Hall–Kier alpha value is -3.88. The molecule has 8 heteroatoms. The van der Waals surface area contributed by atoms with Crippen LogP contribution in [-0.2, 0) is 22.5 Å². The summed E-state index contributed by atoms with van der Waals surface area (Å²) in [6.07, 6.45) is 8.62. The number of amides is 2. The van der Waals surface area contributed by atoms with Gasteiger partial charge in [0.15, 0.2) is 0 Å². The number of fused-ring (bicyclic) bond motifs is 1. The number of hydrogen-bond acceptors (Lipinski definition) is 6. The molecule has 0 bridgehead atoms. The maximum atomic E-state index is 13.8. The van der Waals surface area contributed by atoms with Crippen molar-refractivity contribution in [2.75, 3.05) is 31.3 Å². The molecule has 2 heterocycles. The Bertz CT molecular complexity index is 1440. The number of anilines is 1. The smallest absolute Gasteiger partial charge is 0.429 e. The number of rotatable bonds is 13. The van der Waals surface area contributed by atoms with Crippen LogP contribution >= 0.6 is 0 Å². The van der Waals surface area contributed by atoms with Gasteiger partial charge >= 0.3 is 6.09 Å². The molecule has 0 unspecified atom stereocenters. The fourth-order valence-corrected chi connectivity index (χ4v) is 6.07. The Morgan fingerprint density at radius 3 is 2.52 bits per heavy atom. The van der Waals surface area contributed by atoms with Gasteiger partial charge in [-0.05, 0) is 81.2 Å². The lowest BCUT2D eigenvalue weighted by atomic mass is 9.93. The van der Waals surface area contributed by atoms with Gasteiger partial charge in [-0.25, -0.2) is 20.2 Å². The first-order valence-corrected chi connectivity index (χ1v) is 16.9. The number of piperidine rings is 1. The lowest BCUT2D eigenvalue weighted by molar-refractivity contribution is -0.135. The molecule has 245 valence electrons. The number of ether oxygens (including phenoxy) is 2. The van der Waals surface area contributed by atoms with E-state index in [9.17, 15) is 9.59 Å². The first-order chi connectivity index (χ1) is 22.3. The van der Waals surface area contributed by atoms with Gasteiger partial charge in [-0.3, -0.25) is 9.80 Å². The van der Waals surface area contributed by atoms with Crippen LogP contribution in [0.15, 0.2) is 72.8 Å². The van der Waals surface area contributed by atoms with Gasteiger partial charge in [0.2, 0.25) is 5.91 Å². The first kappa shape index (κ1) is 33.5. The van der Waals surface area contributed by atoms with Gasteiger partial charge in [-0.15, -0.1) is 0 Å². The minimum atomic E-state index is -0.469. The number of para-hydroxylation sites is 1. The predicted octanol–water partition coefficient (Wildman–Crippen LogP) is 7.73. The van der Waals surface area contributed by atoms with E-state index in [1.165, 1.54) is 5.56 Å². The van der Waals surface area contributed by atoms with Crippen molar-refractivity contribution in [1.29, 1.82) is 0 Å². The van der Waals surface area contributed by atoms with E-state index in [4.69, 9.17) is 9.47 Å². The van der Waals surface area contributed by atoms with Crippen LogP contribution in [0.2, 0.25) is 0 Å². The van der Waals surface area contributed by atoms with Crippen molar-refractivity contribution in [2.45, 2.75) is 84.3 Å². The number of hydrogen-bond donors (Lipinski definition) is 1. The maximum absolute atomic E-state index is 13.8. The fourth-order valence-electron chi connectivity index (χ4n) is 6.07. The molecule has 8 nitrogen and oxygen atoms in total. The summed E-state index contributed by atoms with van der Waals surface area (Å²) in [5, 5.41) is 5.42. The average Bonchev–Trinajstić information content (AvgIpc) is 3.07. The van der Waals surface area contributed by atoms with E-state index in [1.54, 1.807) is 10.0 Å². The third-order valence-electron chi connectivity index (χ3n) is 8.66. The second-order valence-electron chi connectivity index (χ2n) is 12.8. The Balaban J connectivity index is 1.23. The molecule has 1 fully saturated rings. The predicted molar refractivity (Wildman–Crippen MR) is 183 cm³/mol. The second kappa shape index (κ2) is 16.1. The topological polar surface area (TPSA) is 74.3 Å². The summed E-state index contributed by atoms with van der Waals surface area (Å²) in [6, 6.07) is 24.3. The van der Waals surface area contributed by atoms with Crippen molar-refractivity contribution >= 4 is 17.7 Å². The van der Waals surface area contributed by atoms with Crippen LogP contribution < -0.4 is 15.2 Å². The Labute approximate surface area is 274 Å². The third kappa shape index (κ3) is 8.89. The molecule has 46 heavy (non-hydrogen) atoms. The number of unbranched alkanes of at least 4 members (excludes halogenated alkanes) is 2. The number of nitrogens with zero attached hydrogens (tertiary/aromatic N) is 3. The number of nitrogens with one attached hydrogen (secondary N) is 1. The highest BCUT2D eigenvalue weighted by molar-refractivity contribution is 5.93. The molecule has 0 aliphatic carbocycles. The normalized spacial score (nSPS) is 15.8. The summed E-state index contributed by atoms with van der Waals surface area (Å²) >= 11 is 0. The van der Waals surface area contributed by atoms with Crippen LogP contribution in [0.1, 0.15) is 76.8 Å². The summed E-state index contributed by atoms with van der Waals surface area (Å²) in [4.78, 5) is 27.2. The molecule has 0 spiro atoms. The maximum Gasteiger partial charge on any atom is 0.429 e. The van der Waals surface area contributed by atoms with E-state index in [0.29, 0.717) is 13.1 Å². The molecule has 1 radical (unpaired) electrons. The number of carbonyl (C=O) groups excluding carboxylic acids is 2. The minimum absolute atomic E-state index is 0.000434. The summed E-state index contributed by atoms with van der Waals surface area (Å²) in [5.74, 6) is 0.858. The molecule has 0 atom stereocenters. The molecule has 3 aromatic rings. The van der Waals surface area contributed by atoms with Crippen molar-refractivity contribution < 1.29 is 19.1 Å². The minimum Gasteiger partial charge on any atom is -0.488 e. The molecule has 0 aromatic heterocycles. The zero-order valence-electron chi connectivity index (χ0n) is 27.7. The lowest BCUT2D eigenvalue weighted by Gasteiger charge is -2.37. The Morgan fingerprint density at radius 2 is 1.74 bits per heavy atom. The van der Waals surface area contributed by atoms with Gasteiger partial charge in [-0.2, -0.15) is 0 Å². The van der Waals surface area contributed by atoms with Gasteiger partial charge in [0.05, 0.1) is 12.1 Å². The van der Waals surface area contributed by atoms with Gasteiger partial charge in [0.25, 0.3) is 0 Å². The fraction of sp³-hybridized carbons (Fsp3) is 0.447. The molecule has 3 aromatic carbocycles. The average molecular weight is 626 g/mol. The molecule has 1 N–H and O–H groups in total. The SMILES string of the molecule is CCCCCN(NCc1ccc2c(c1)CCC(C)(C)O2)C(=O)CCOC(=O)N(c1ccccc1-c1ccccc1)N1CC[CH]CC1. The molecule has 2 aliphatic heterocycles. The molecule has 1 saturated heterocycles. The standard InChI is InChI=1S/C38H49N4O4/c1-4-5-12-26-41(39-29-30-19-20-35-32(28-30)21-23-38(2,3)46-35)36(43)22-27-45-37(44)42(40-24-13-7-14-25-40)34-18-11-10-17-33(34)31-15-8-6-9-16-31/h6-11,15-20,28,39H,4-5,12-14,21-27,29H2,1-3H3. The lowest BCUT2D eigenvalue weighted by Crippen LogP contribution is -2.50. The van der Waals surface area contributed by atoms with Gasteiger partial charge in [0, 0.05) is 31.7 Å². The molecular weight excluding hydrogens is 576 g/mol. The van der Waals surface area contributed by atoms with E-state index in [2.05, 4.69) is 49.8 Å². The van der Waals surface area contributed by atoms with E-state index < -0.39 is 6.09 Å². The van der Waals surface area contributed by atoms with Gasteiger partial charge in [0.1, 0.15) is 18.0 Å². The summed E-state index contributed by atoms with van der Waals surface area (Å²) in [7, 11) is 0. The van der Waals surface area contributed by atoms with Crippen molar-refractivity contribution in [3.05, 3.63) is 90.3 Å². The first-order valence-electron chi connectivity index (χ1n) is 16.9. The summed E-state index contributed by atoms with van der Waals surface area (Å²) in [6.45, 7) is 8.97. The van der Waals surface area contributed by atoms with Crippen molar-refractivity contribution in [2.24, 2.45) is 0 Å². The van der Waals surface area contributed by atoms with E-state index >= 15 is 0 Å². The van der Waals surface area contributed by atoms with Crippen LogP contribution in [0.4, 0.5) is 10.5 Å². The zero-order valence-corrected chi connectivity index (χ0v) is 27.7. The highest BCUT2D eigenvalue weighted by Crippen LogP contribution is 2.34. The third-order valence-corrected chi connectivity index (χ3v) is 8.66.